The molecular formula is C49H71ClN2O6. The number of Topliss-reactive ketones (excluding diaryl/α,β-unsaturated/α-hetero) is 1. The van der Waals surface area contributed by atoms with Crippen molar-refractivity contribution in [3.05, 3.63) is 52.3 Å². The lowest BCUT2D eigenvalue weighted by atomic mass is 9.33. The van der Waals surface area contributed by atoms with Gasteiger partial charge in [-0.15, -0.1) is 0 Å². The van der Waals surface area contributed by atoms with Crippen LogP contribution in [0.15, 0.2) is 41.6 Å². The SMILES string of the molecule is CC(C)C1=C2[C@H]3CC[C@@H]4[C@@]5(C)CC[C@H](OC(=O)CC(C)(C)C(=O)OC(C)(C)C)C(C)(C)[C@@H]5CC[C@@]4(C)[C@]3(C)CC[C@@]2(/C=C/C(=O)N[C@@H](C)c2ccc(Cl)cn2)CC1=O. The molecule has 1 N–H and O–H groups in total. The Morgan fingerprint density at radius 1 is 0.914 bits per heavy atom. The van der Waals surface area contributed by atoms with Crippen LogP contribution < -0.4 is 5.32 Å². The molecule has 1 amide bonds. The molecule has 4 saturated carbocycles. The van der Waals surface area contributed by atoms with E-state index in [-0.39, 0.29) is 75.7 Å². The summed E-state index contributed by atoms with van der Waals surface area (Å²) in [5.41, 5.74) is 0.842. The number of carbonyl (C=O) groups is 4. The van der Waals surface area contributed by atoms with Gasteiger partial charge in [-0.05, 0) is 162 Å². The summed E-state index contributed by atoms with van der Waals surface area (Å²) in [7, 11) is 0. The van der Waals surface area contributed by atoms with Gasteiger partial charge in [0.1, 0.15) is 11.7 Å². The van der Waals surface area contributed by atoms with Gasteiger partial charge in [-0.2, -0.15) is 0 Å². The van der Waals surface area contributed by atoms with Gasteiger partial charge in [0.15, 0.2) is 5.78 Å². The van der Waals surface area contributed by atoms with Crippen molar-refractivity contribution in [3.63, 3.8) is 0 Å². The van der Waals surface area contributed by atoms with Crippen LogP contribution >= 0.6 is 11.6 Å². The first-order valence-electron chi connectivity index (χ1n) is 22.0. The Hall–Kier alpha value is -3.00. The Labute approximate surface area is 353 Å². The molecule has 9 atom stereocenters. The number of fused-ring (bicyclic) bond motifs is 7. The minimum Gasteiger partial charge on any atom is -0.462 e. The van der Waals surface area contributed by atoms with Crippen LogP contribution in [0.5, 0.6) is 0 Å². The van der Waals surface area contributed by atoms with Crippen LogP contribution in [0.2, 0.25) is 5.02 Å². The Morgan fingerprint density at radius 3 is 2.22 bits per heavy atom. The standard InChI is InChI=1S/C49H71ClN2O6/c1-29(2)40-34(53)26-49(23-20-38(54)52-30(3)33-16-14-31(50)28-51-33)25-24-47(12)32(41(40)49)15-17-36-46(11)21-19-37(45(9,10)35(46)18-22-48(36,47)13)57-39(55)27-44(7,8)42(56)58-43(4,5)6/h14,16,20,23,28-30,32,35-37H,15,17-19,21-22,24-27H2,1-13H3,(H,52,54)/b23-20+/t30-,32+,35-,36+,37-,46-,47+,48+,49-/m0/s1. The molecule has 0 aliphatic heterocycles. The van der Waals surface area contributed by atoms with E-state index >= 15 is 0 Å². The Morgan fingerprint density at radius 2 is 1.60 bits per heavy atom. The van der Waals surface area contributed by atoms with Crippen molar-refractivity contribution < 1.29 is 28.7 Å². The molecule has 320 valence electrons. The number of nitrogens with zero attached hydrogens (tertiary/aromatic N) is 1. The number of allylic oxidation sites excluding steroid dienone is 3. The van der Waals surface area contributed by atoms with Crippen molar-refractivity contribution in [1.82, 2.24) is 10.3 Å². The number of ketones is 1. The van der Waals surface area contributed by atoms with Crippen molar-refractivity contribution in [2.45, 2.75) is 172 Å². The number of ether oxygens (including phenoxy) is 2. The van der Waals surface area contributed by atoms with Gasteiger partial charge >= 0.3 is 11.9 Å². The molecule has 1 aromatic heterocycles. The average molecular weight is 820 g/mol. The fourth-order valence-electron chi connectivity index (χ4n) is 13.3. The largest absolute Gasteiger partial charge is 0.462 e. The van der Waals surface area contributed by atoms with Crippen LogP contribution in [-0.2, 0) is 28.7 Å². The number of halogens is 1. The van der Waals surface area contributed by atoms with Crippen molar-refractivity contribution in [1.29, 1.82) is 0 Å². The third-order valence-electron chi connectivity index (χ3n) is 16.3. The lowest BCUT2D eigenvalue weighted by Gasteiger charge is -2.72. The van der Waals surface area contributed by atoms with E-state index in [0.717, 1.165) is 62.6 Å². The van der Waals surface area contributed by atoms with Crippen molar-refractivity contribution in [2.75, 3.05) is 0 Å². The zero-order valence-electron chi connectivity index (χ0n) is 37.7. The van der Waals surface area contributed by atoms with Gasteiger partial charge in [0.2, 0.25) is 5.91 Å². The molecule has 1 heterocycles. The van der Waals surface area contributed by atoms with Gasteiger partial charge in [-0.25, -0.2) is 0 Å². The normalized spacial score (nSPS) is 35.1. The van der Waals surface area contributed by atoms with Crippen molar-refractivity contribution in [3.8, 4) is 0 Å². The molecule has 8 nitrogen and oxygen atoms in total. The Kier molecular flexibility index (Phi) is 11.7. The molecule has 6 rings (SSSR count). The molecule has 9 heteroatoms. The molecule has 0 saturated heterocycles. The molecule has 0 radical (unpaired) electrons. The summed E-state index contributed by atoms with van der Waals surface area (Å²) >= 11 is 6.05. The predicted molar refractivity (Wildman–Crippen MR) is 228 cm³/mol. The van der Waals surface area contributed by atoms with Crippen molar-refractivity contribution in [2.24, 2.45) is 56.2 Å². The van der Waals surface area contributed by atoms with E-state index in [1.54, 1.807) is 32.2 Å². The highest BCUT2D eigenvalue weighted by molar-refractivity contribution is 6.30. The van der Waals surface area contributed by atoms with Gasteiger partial charge < -0.3 is 14.8 Å². The van der Waals surface area contributed by atoms with Gasteiger partial charge in [0, 0.05) is 23.4 Å². The number of carbonyl (C=O) groups excluding carboxylic acids is 4. The van der Waals surface area contributed by atoms with Crippen LogP contribution in [0.3, 0.4) is 0 Å². The number of nitrogens with one attached hydrogen (secondary N) is 1. The lowest BCUT2D eigenvalue weighted by molar-refractivity contribution is -0.232. The summed E-state index contributed by atoms with van der Waals surface area (Å²) in [6.07, 6.45) is 13.4. The topological polar surface area (TPSA) is 112 Å². The van der Waals surface area contributed by atoms with Crippen molar-refractivity contribution >= 4 is 35.2 Å². The van der Waals surface area contributed by atoms with E-state index < -0.39 is 16.4 Å². The number of pyridine rings is 1. The van der Waals surface area contributed by atoms with Crippen LogP contribution in [0.1, 0.15) is 166 Å². The molecule has 0 bridgehead atoms. The van der Waals surface area contributed by atoms with E-state index in [1.807, 2.05) is 33.8 Å². The van der Waals surface area contributed by atoms with Crippen LogP contribution in [0.25, 0.3) is 0 Å². The first-order valence-corrected chi connectivity index (χ1v) is 22.4. The zero-order chi connectivity index (χ0) is 43.0. The minimum atomic E-state index is -0.985. The minimum absolute atomic E-state index is 0.0148. The van der Waals surface area contributed by atoms with E-state index in [9.17, 15) is 19.2 Å². The smallest absolute Gasteiger partial charge is 0.312 e. The summed E-state index contributed by atoms with van der Waals surface area (Å²) < 4.78 is 12.0. The summed E-state index contributed by atoms with van der Waals surface area (Å²) in [6.45, 7) is 27.5. The third-order valence-corrected chi connectivity index (χ3v) is 16.6. The van der Waals surface area contributed by atoms with Crippen LogP contribution in [0, 0.1) is 56.2 Å². The van der Waals surface area contributed by atoms with Crippen LogP contribution in [-0.4, -0.2) is 40.3 Å². The number of hydrogen-bond donors (Lipinski definition) is 1. The molecule has 4 fully saturated rings. The fraction of sp³-hybridized carbons (Fsp3) is 0.735. The van der Waals surface area contributed by atoms with E-state index in [0.29, 0.717) is 23.3 Å². The molecule has 58 heavy (non-hydrogen) atoms. The van der Waals surface area contributed by atoms with Gasteiger partial charge in [0.05, 0.1) is 28.6 Å². The quantitative estimate of drug-likeness (QED) is 0.195. The number of esters is 2. The lowest BCUT2D eigenvalue weighted by Crippen LogP contribution is -2.65. The van der Waals surface area contributed by atoms with Gasteiger partial charge in [-0.3, -0.25) is 24.2 Å². The number of hydrogen-bond acceptors (Lipinski definition) is 7. The molecule has 0 aromatic carbocycles. The highest BCUT2D eigenvalue weighted by atomic mass is 35.5. The number of rotatable bonds is 9. The molecule has 1 aromatic rings. The maximum atomic E-state index is 14.1. The monoisotopic (exact) mass is 819 g/mol. The van der Waals surface area contributed by atoms with E-state index in [2.05, 4.69) is 64.8 Å². The number of aromatic nitrogens is 1. The second-order valence-electron chi connectivity index (χ2n) is 22.2. The molecule has 5 aliphatic carbocycles. The number of amides is 1. The average Bonchev–Trinajstić information content (AvgIpc) is 3.40. The van der Waals surface area contributed by atoms with Crippen LogP contribution in [0.4, 0.5) is 0 Å². The predicted octanol–water partition coefficient (Wildman–Crippen LogP) is 11.1. The first kappa shape index (κ1) is 44.5. The maximum Gasteiger partial charge on any atom is 0.312 e. The summed E-state index contributed by atoms with van der Waals surface area (Å²) in [4.78, 5) is 58.4. The fourth-order valence-corrected chi connectivity index (χ4v) is 13.4. The van der Waals surface area contributed by atoms with Gasteiger partial charge in [0.25, 0.3) is 0 Å². The Bertz CT molecular complexity index is 1870. The maximum absolute atomic E-state index is 14.1. The summed E-state index contributed by atoms with van der Waals surface area (Å²) in [6, 6.07) is 3.31. The first-order chi connectivity index (χ1) is 26.7. The Balaban J connectivity index is 1.23. The third kappa shape index (κ3) is 7.64. The van der Waals surface area contributed by atoms with E-state index in [4.69, 9.17) is 21.1 Å². The molecular weight excluding hydrogens is 748 g/mol. The summed E-state index contributed by atoms with van der Waals surface area (Å²) in [5.74, 6) is 0.555. The second kappa shape index (κ2) is 15.2. The molecule has 0 unspecified atom stereocenters. The van der Waals surface area contributed by atoms with E-state index in [1.165, 1.54) is 5.57 Å². The van der Waals surface area contributed by atoms with Gasteiger partial charge in [-0.1, -0.05) is 66.1 Å². The highest BCUT2D eigenvalue weighted by Crippen LogP contribution is 2.77. The molecule has 5 aliphatic rings. The highest BCUT2D eigenvalue weighted by Gasteiger charge is 2.70. The zero-order valence-corrected chi connectivity index (χ0v) is 38.5. The second-order valence-corrected chi connectivity index (χ2v) is 22.7. The summed E-state index contributed by atoms with van der Waals surface area (Å²) in [5, 5.41) is 3.63. The molecule has 0 spiro atoms.